The first-order chi connectivity index (χ1) is 8.56. The number of carbonyl (C=O) groups is 1. The smallest absolute Gasteiger partial charge is 0.161 e. The molecule has 0 unspecified atom stereocenters. The molecular weight excluding hydrogens is 224 g/mol. The summed E-state index contributed by atoms with van der Waals surface area (Å²) in [6, 6.07) is 9.68. The second-order valence-electron chi connectivity index (χ2n) is 4.42. The van der Waals surface area contributed by atoms with Crippen LogP contribution in [0, 0.1) is 6.92 Å². The minimum atomic E-state index is 0.0930. The molecule has 1 aromatic carbocycles. The van der Waals surface area contributed by atoms with E-state index in [0.29, 0.717) is 0 Å². The fourth-order valence-corrected chi connectivity index (χ4v) is 2.36. The van der Waals surface area contributed by atoms with Crippen molar-refractivity contribution < 1.29 is 4.79 Å². The molecule has 2 rings (SSSR count). The minimum Gasteiger partial charge on any atom is -0.398 e. The number of aromatic nitrogens is 1. The van der Waals surface area contributed by atoms with E-state index < -0.39 is 0 Å². The number of nitrogens with two attached hydrogens (primary N) is 1. The van der Waals surface area contributed by atoms with Crippen LogP contribution in [0.5, 0.6) is 0 Å². The molecule has 0 radical (unpaired) electrons. The number of Topliss-reactive ketones (excluding diaryl/α,β-unsaturated/α-hetero) is 1. The number of para-hydroxylation sites is 1. The molecule has 0 saturated heterocycles. The van der Waals surface area contributed by atoms with Crippen LogP contribution in [0.3, 0.4) is 0 Å². The van der Waals surface area contributed by atoms with Gasteiger partial charge in [-0.15, -0.1) is 0 Å². The van der Waals surface area contributed by atoms with Crippen molar-refractivity contribution in [1.29, 1.82) is 0 Å². The van der Waals surface area contributed by atoms with E-state index in [1.54, 1.807) is 6.92 Å². The Morgan fingerprint density at radius 1 is 1.33 bits per heavy atom. The fourth-order valence-electron chi connectivity index (χ4n) is 2.36. The van der Waals surface area contributed by atoms with E-state index in [9.17, 15) is 4.79 Å². The first-order valence-electron chi connectivity index (χ1n) is 6.12. The van der Waals surface area contributed by atoms with Gasteiger partial charge in [0.1, 0.15) is 0 Å². The van der Waals surface area contributed by atoms with Crippen LogP contribution >= 0.6 is 0 Å². The molecule has 0 aliphatic rings. The summed E-state index contributed by atoms with van der Waals surface area (Å²) in [4.78, 5) is 11.6. The van der Waals surface area contributed by atoms with E-state index in [1.165, 1.54) is 0 Å². The highest BCUT2D eigenvalue weighted by molar-refractivity contribution is 5.97. The average molecular weight is 242 g/mol. The molecule has 0 saturated carbocycles. The van der Waals surface area contributed by atoms with Gasteiger partial charge in [0.15, 0.2) is 5.78 Å². The zero-order chi connectivity index (χ0) is 13.3. The molecule has 1 heterocycles. The van der Waals surface area contributed by atoms with Crippen molar-refractivity contribution in [3.63, 3.8) is 0 Å². The van der Waals surface area contributed by atoms with Crippen LogP contribution in [0.1, 0.15) is 29.9 Å². The molecule has 1 aromatic heterocycles. The maximum atomic E-state index is 11.6. The molecule has 18 heavy (non-hydrogen) atoms. The van der Waals surface area contributed by atoms with Gasteiger partial charge in [-0.3, -0.25) is 4.79 Å². The quantitative estimate of drug-likeness (QED) is 0.663. The first-order valence-corrected chi connectivity index (χ1v) is 6.12. The van der Waals surface area contributed by atoms with E-state index in [-0.39, 0.29) is 5.78 Å². The Kier molecular flexibility index (Phi) is 3.24. The molecule has 3 heteroatoms. The van der Waals surface area contributed by atoms with Crippen molar-refractivity contribution in [2.75, 3.05) is 5.73 Å². The molecule has 2 N–H and O–H groups in total. The molecule has 2 aromatic rings. The van der Waals surface area contributed by atoms with Crippen molar-refractivity contribution in [3.05, 3.63) is 41.6 Å². The van der Waals surface area contributed by atoms with Crippen molar-refractivity contribution in [3.8, 4) is 11.3 Å². The van der Waals surface area contributed by atoms with E-state index in [0.717, 1.165) is 34.7 Å². The van der Waals surface area contributed by atoms with E-state index in [4.69, 9.17) is 5.73 Å². The summed E-state index contributed by atoms with van der Waals surface area (Å²) in [6.45, 7) is 6.46. The molecule has 94 valence electrons. The maximum absolute atomic E-state index is 11.6. The van der Waals surface area contributed by atoms with Crippen molar-refractivity contribution in [2.45, 2.75) is 27.3 Å². The van der Waals surface area contributed by atoms with Gasteiger partial charge in [0.25, 0.3) is 0 Å². The molecule has 0 amide bonds. The lowest BCUT2D eigenvalue weighted by Crippen LogP contribution is -2.02. The van der Waals surface area contributed by atoms with Crippen LogP contribution < -0.4 is 5.73 Å². The Bertz CT molecular complexity index is 597. The van der Waals surface area contributed by atoms with Crippen LogP contribution in [-0.4, -0.2) is 10.4 Å². The van der Waals surface area contributed by atoms with Gasteiger partial charge < -0.3 is 10.3 Å². The number of hydrogen-bond acceptors (Lipinski definition) is 2. The van der Waals surface area contributed by atoms with Crippen LogP contribution in [0.2, 0.25) is 0 Å². The van der Waals surface area contributed by atoms with Crippen LogP contribution in [0.25, 0.3) is 11.3 Å². The lowest BCUT2D eigenvalue weighted by atomic mass is 10.1. The van der Waals surface area contributed by atoms with Gasteiger partial charge in [0.05, 0.1) is 5.69 Å². The second kappa shape index (κ2) is 4.69. The summed E-state index contributed by atoms with van der Waals surface area (Å²) in [6.07, 6.45) is 0. The van der Waals surface area contributed by atoms with E-state index in [2.05, 4.69) is 11.5 Å². The Hall–Kier alpha value is -2.03. The standard InChI is InChI=1S/C15H18N2O/c1-4-17-10(2)13(11(3)18)9-15(17)12-7-5-6-8-14(12)16/h5-9H,4,16H2,1-3H3. The van der Waals surface area contributed by atoms with Gasteiger partial charge in [-0.2, -0.15) is 0 Å². The van der Waals surface area contributed by atoms with Crippen LogP contribution in [-0.2, 0) is 6.54 Å². The topological polar surface area (TPSA) is 48.0 Å². The molecular formula is C15H18N2O. The number of nitrogens with zero attached hydrogens (tertiary/aromatic N) is 1. The Balaban J connectivity index is 2.68. The van der Waals surface area contributed by atoms with Crippen molar-refractivity contribution >= 4 is 11.5 Å². The predicted molar refractivity (Wildman–Crippen MR) is 74.7 cm³/mol. The Labute approximate surface area is 107 Å². The molecule has 0 spiro atoms. The highest BCUT2D eigenvalue weighted by Gasteiger charge is 2.16. The molecule has 0 atom stereocenters. The monoisotopic (exact) mass is 242 g/mol. The summed E-state index contributed by atoms with van der Waals surface area (Å²) in [5.41, 5.74) is 10.5. The SMILES string of the molecule is CCn1c(-c2ccccc2N)cc(C(C)=O)c1C. The Morgan fingerprint density at radius 3 is 2.56 bits per heavy atom. The summed E-state index contributed by atoms with van der Waals surface area (Å²) >= 11 is 0. The summed E-state index contributed by atoms with van der Waals surface area (Å²) in [7, 11) is 0. The minimum absolute atomic E-state index is 0.0930. The second-order valence-corrected chi connectivity index (χ2v) is 4.42. The van der Waals surface area contributed by atoms with Gasteiger partial charge in [0, 0.05) is 29.1 Å². The van der Waals surface area contributed by atoms with E-state index in [1.807, 2.05) is 37.3 Å². The number of benzene rings is 1. The van der Waals surface area contributed by atoms with Gasteiger partial charge >= 0.3 is 0 Å². The number of rotatable bonds is 3. The third-order valence-electron chi connectivity index (χ3n) is 3.30. The lowest BCUT2D eigenvalue weighted by molar-refractivity contribution is 0.101. The summed E-state index contributed by atoms with van der Waals surface area (Å²) < 4.78 is 2.13. The zero-order valence-corrected chi connectivity index (χ0v) is 11.0. The molecule has 0 fully saturated rings. The summed E-state index contributed by atoms with van der Waals surface area (Å²) in [5.74, 6) is 0.0930. The third kappa shape index (κ3) is 1.92. The fraction of sp³-hybridized carbons (Fsp3) is 0.267. The normalized spacial score (nSPS) is 10.6. The largest absolute Gasteiger partial charge is 0.398 e. The lowest BCUT2D eigenvalue weighted by Gasteiger charge is -2.10. The molecule has 0 bridgehead atoms. The molecule has 0 aliphatic heterocycles. The first kappa shape index (κ1) is 12.4. The number of nitrogen functional groups attached to an aromatic ring is 1. The van der Waals surface area contributed by atoms with Crippen LogP contribution in [0.4, 0.5) is 5.69 Å². The number of hydrogen-bond donors (Lipinski definition) is 1. The highest BCUT2D eigenvalue weighted by atomic mass is 16.1. The van der Waals surface area contributed by atoms with Crippen molar-refractivity contribution in [1.82, 2.24) is 4.57 Å². The average Bonchev–Trinajstić information content (AvgIpc) is 2.67. The number of ketones is 1. The van der Waals surface area contributed by atoms with Gasteiger partial charge in [0.2, 0.25) is 0 Å². The van der Waals surface area contributed by atoms with Crippen molar-refractivity contribution in [2.24, 2.45) is 0 Å². The number of carbonyl (C=O) groups excluding carboxylic acids is 1. The van der Waals surface area contributed by atoms with Gasteiger partial charge in [-0.25, -0.2) is 0 Å². The molecule has 3 nitrogen and oxygen atoms in total. The Morgan fingerprint density at radius 2 is 2.00 bits per heavy atom. The third-order valence-corrected chi connectivity index (χ3v) is 3.30. The zero-order valence-electron chi connectivity index (χ0n) is 11.0. The maximum Gasteiger partial charge on any atom is 0.161 e. The van der Waals surface area contributed by atoms with Crippen LogP contribution in [0.15, 0.2) is 30.3 Å². The number of anilines is 1. The highest BCUT2D eigenvalue weighted by Crippen LogP contribution is 2.30. The van der Waals surface area contributed by atoms with E-state index >= 15 is 0 Å². The predicted octanol–water partition coefficient (Wildman–Crippen LogP) is 3.27. The van der Waals surface area contributed by atoms with Gasteiger partial charge in [-0.05, 0) is 32.9 Å². The summed E-state index contributed by atoms with van der Waals surface area (Å²) in [5, 5.41) is 0. The molecule has 0 aliphatic carbocycles. The van der Waals surface area contributed by atoms with Gasteiger partial charge in [-0.1, -0.05) is 18.2 Å².